The minimum absolute atomic E-state index is 0. The Morgan fingerprint density at radius 3 is 2.31 bits per heavy atom. The zero-order valence-electron chi connectivity index (χ0n) is 17.5. The van der Waals surface area contributed by atoms with Gasteiger partial charge < -0.3 is 22.8 Å². The molecule has 8 heteroatoms. The molecule has 1 unspecified atom stereocenters. The Morgan fingerprint density at radius 2 is 1.86 bits per heavy atom. The number of benzene rings is 1. The fourth-order valence-electron chi connectivity index (χ4n) is 2.75. The van der Waals surface area contributed by atoms with Crippen molar-refractivity contribution in [3.8, 4) is 0 Å². The maximum absolute atomic E-state index is 12.4. The predicted octanol–water partition coefficient (Wildman–Crippen LogP) is 1.75. The zero-order valence-corrected chi connectivity index (χ0v) is 20.5. The Balaban J connectivity index is 0.000000846. The van der Waals surface area contributed by atoms with Crippen LogP contribution in [-0.4, -0.2) is 48.5 Å². The number of nitrogens with zero attached hydrogens (tertiary/aromatic N) is 1. The van der Waals surface area contributed by atoms with Crippen LogP contribution in [0.15, 0.2) is 18.2 Å². The molecule has 0 fully saturated rings. The van der Waals surface area contributed by atoms with Crippen molar-refractivity contribution < 1.29 is 38.7 Å². The van der Waals surface area contributed by atoms with Crippen molar-refractivity contribution in [2.45, 2.75) is 39.2 Å². The van der Waals surface area contributed by atoms with E-state index >= 15 is 0 Å². The van der Waals surface area contributed by atoms with Gasteiger partial charge in [0.1, 0.15) is 12.3 Å². The monoisotopic (exact) mass is 451 g/mol. The van der Waals surface area contributed by atoms with E-state index in [9.17, 15) is 19.2 Å². The van der Waals surface area contributed by atoms with E-state index < -0.39 is 23.8 Å². The number of nitrogens with one attached hydrogen (secondary N) is 1. The molecule has 3 N–H and O–H groups in total. The summed E-state index contributed by atoms with van der Waals surface area (Å²) in [5.41, 5.74) is 6.56. The minimum atomic E-state index is -0.985. The maximum Gasteiger partial charge on any atom is 2.00 e. The Kier molecular flexibility index (Phi) is 11.0. The van der Waals surface area contributed by atoms with E-state index in [4.69, 9.17) is 5.73 Å². The molecule has 1 aromatic carbocycles. The number of imide groups is 1. The van der Waals surface area contributed by atoms with E-state index in [-0.39, 0.29) is 48.9 Å². The van der Waals surface area contributed by atoms with E-state index in [0.29, 0.717) is 11.8 Å². The number of aldehydes is 1. The number of carbonyl (C=O) groups is 4. The van der Waals surface area contributed by atoms with Crippen molar-refractivity contribution in [3.63, 3.8) is 0 Å². The Labute approximate surface area is 185 Å². The fourth-order valence-corrected chi connectivity index (χ4v) is 2.75. The van der Waals surface area contributed by atoms with Gasteiger partial charge in [-0.15, -0.1) is 12.1 Å². The van der Waals surface area contributed by atoms with Gasteiger partial charge in [-0.2, -0.15) is 24.0 Å². The predicted molar refractivity (Wildman–Crippen MR) is 107 cm³/mol. The third kappa shape index (κ3) is 7.37. The van der Waals surface area contributed by atoms with Crippen LogP contribution >= 0.6 is 0 Å². The van der Waals surface area contributed by atoms with E-state index in [0.717, 1.165) is 17.9 Å². The second-order valence-electron chi connectivity index (χ2n) is 7.44. The van der Waals surface area contributed by atoms with Crippen molar-refractivity contribution >= 4 is 24.0 Å². The normalized spacial score (nSPS) is 13.6. The molecule has 7 nitrogen and oxygen atoms in total. The van der Waals surface area contributed by atoms with E-state index in [2.05, 4.69) is 33.0 Å². The van der Waals surface area contributed by atoms with Gasteiger partial charge in [-0.05, 0) is 18.5 Å². The first-order valence-corrected chi connectivity index (χ1v) is 9.12. The quantitative estimate of drug-likeness (QED) is 0.283. The van der Waals surface area contributed by atoms with Crippen molar-refractivity contribution in [2.24, 2.45) is 11.1 Å². The Morgan fingerprint density at radius 1 is 1.28 bits per heavy atom. The standard InChI is InChI=1S/C15H15N2O4.C6H14N.Zn/c1-9-5-6-10-11(8-9)15(21)17(14(10)20)12(4-3-7-18)13(19)16-2;1-6(2,3)4-5-7;/h5-8,12H,1,3-4H2,2H3,(H,16,19);1,4-5,7H2,2-3H3;/q2*-1;+2. The summed E-state index contributed by atoms with van der Waals surface area (Å²) in [4.78, 5) is 48.1. The molecule has 154 valence electrons. The van der Waals surface area contributed by atoms with Gasteiger partial charge in [-0.1, -0.05) is 20.3 Å². The van der Waals surface area contributed by atoms with Gasteiger partial charge in [0.25, 0.3) is 5.91 Å². The van der Waals surface area contributed by atoms with Gasteiger partial charge in [0.05, 0.1) is 0 Å². The van der Waals surface area contributed by atoms with Crippen LogP contribution in [0.25, 0.3) is 0 Å². The number of nitrogens with two attached hydrogens (primary N) is 1. The van der Waals surface area contributed by atoms with Crippen molar-refractivity contribution in [1.29, 1.82) is 0 Å². The van der Waals surface area contributed by atoms with E-state index in [1.165, 1.54) is 19.2 Å². The summed E-state index contributed by atoms with van der Waals surface area (Å²) >= 11 is 0. The molecule has 2 rings (SSSR count). The van der Waals surface area contributed by atoms with Crippen molar-refractivity contribution in [3.05, 3.63) is 48.7 Å². The van der Waals surface area contributed by atoms with Gasteiger partial charge in [0.2, 0.25) is 11.8 Å². The first-order chi connectivity index (χ1) is 13.1. The number of fused-ring (bicyclic) bond motifs is 1. The molecular formula is C21H29N3O4Zn. The molecule has 0 aliphatic carbocycles. The molecule has 29 heavy (non-hydrogen) atoms. The van der Waals surface area contributed by atoms with Gasteiger partial charge in [-0.25, -0.2) is 0 Å². The van der Waals surface area contributed by atoms with E-state index in [1.807, 2.05) is 0 Å². The fraction of sp³-hybridized carbons (Fsp3) is 0.429. The Bertz CT molecular complexity index is 744. The van der Waals surface area contributed by atoms with Crippen LogP contribution in [0.3, 0.4) is 0 Å². The second kappa shape index (κ2) is 11.8. The summed E-state index contributed by atoms with van der Waals surface area (Å²) < 4.78 is 0. The second-order valence-corrected chi connectivity index (χ2v) is 7.44. The van der Waals surface area contributed by atoms with Gasteiger partial charge in [0, 0.05) is 19.0 Å². The van der Waals surface area contributed by atoms with Gasteiger partial charge in [-0.3, -0.25) is 19.3 Å². The molecule has 0 aromatic heterocycles. The molecule has 0 radical (unpaired) electrons. The average Bonchev–Trinajstić information content (AvgIpc) is 2.85. The summed E-state index contributed by atoms with van der Waals surface area (Å²) in [6.07, 6.45) is 1.85. The SMILES string of the molecule is [CH2-]C(C)(C)CCN.[CH2-]c1ccc2c(c1)C(=O)N(C(CCC=O)C(=O)NC)C2=O.[Zn+2]. The summed E-state index contributed by atoms with van der Waals surface area (Å²) in [6, 6.07) is 3.70. The van der Waals surface area contributed by atoms with Gasteiger partial charge in [0.15, 0.2) is 0 Å². The molecule has 1 atom stereocenters. The van der Waals surface area contributed by atoms with Crippen LogP contribution in [0, 0.1) is 19.3 Å². The van der Waals surface area contributed by atoms with Crippen LogP contribution in [0.5, 0.6) is 0 Å². The van der Waals surface area contributed by atoms with Crippen LogP contribution in [-0.2, 0) is 29.1 Å². The Hall–Kier alpha value is -2.05. The number of rotatable bonds is 7. The summed E-state index contributed by atoms with van der Waals surface area (Å²) in [5, 5.41) is 2.42. The third-order valence-electron chi connectivity index (χ3n) is 4.22. The van der Waals surface area contributed by atoms with Crippen LogP contribution in [0.1, 0.15) is 59.4 Å². The summed E-state index contributed by atoms with van der Waals surface area (Å²) in [7, 11) is 1.42. The largest absolute Gasteiger partial charge is 2.00 e. The van der Waals surface area contributed by atoms with Crippen LogP contribution in [0.2, 0.25) is 0 Å². The number of carbonyl (C=O) groups excluding carboxylic acids is 4. The first-order valence-electron chi connectivity index (χ1n) is 9.12. The van der Waals surface area contributed by atoms with Gasteiger partial charge >= 0.3 is 19.5 Å². The third-order valence-corrected chi connectivity index (χ3v) is 4.22. The van der Waals surface area contributed by atoms with Crippen molar-refractivity contribution in [2.75, 3.05) is 13.6 Å². The van der Waals surface area contributed by atoms with E-state index in [1.54, 1.807) is 6.07 Å². The maximum atomic E-state index is 12.4. The topological polar surface area (TPSA) is 110 Å². The van der Waals surface area contributed by atoms with Crippen LogP contribution in [0.4, 0.5) is 0 Å². The minimum Gasteiger partial charge on any atom is -0.357 e. The molecule has 1 heterocycles. The number of hydrogen-bond acceptors (Lipinski definition) is 5. The zero-order chi connectivity index (χ0) is 21.5. The molecule has 1 aliphatic rings. The number of likely N-dealkylation sites (N-methyl/N-ethyl adjacent to an activating group) is 1. The number of hydrogen-bond donors (Lipinski definition) is 2. The molecular weight excluding hydrogens is 424 g/mol. The molecule has 1 aliphatic heterocycles. The smallest absolute Gasteiger partial charge is 0.357 e. The first kappa shape index (κ1) is 27.0. The summed E-state index contributed by atoms with van der Waals surface area (Å²) in [5.74, 6) is -1.52. The molecule has 0 saturated carbocycles. The summed E-state index contributed by atoms with van der Waals surface area (Å²) in [6.45, 7) is 12.5. The number of amides is 3. The average molecular weight is 453 g/mol. The molecule has 0 bridgehead atoms. The molecule has 3 amide bonds. The molecule has 0 spiro atoms. The molecule has 0 saturated heterocycles. The molecule has 1 aromatic rings. The van der Waals surface area contributed by atoms with Crippen LogP contribution < -0.4 is 11.1 Å². The van der Waals surface area contributed by atoms with Crippen molar-refractivity contribution in [1.82, 2.24) is 10.2 Å².